The molecule has 0 atom stereocenters. The smallest absolute Gasteiger partial charge is 0.0642 e. The van der Waals surface area contributed by atoms with E-state index >= 15 is 0 Å². The zero-order valence-corrected chi connectivity index (χ0v) is 22.1. The van der Waals surface area contributed by atoms with Crippen LogP contribution in [0.1, 0.15) is 74.1 Å². The molecular weight excluding hydrogens is 479 g/mol. The van der Waals surface area contributed by atoms with E-state index in [4.69, 9.17) is 23.2 Å². The molecule has 0 radical (unpaired) electrons. The van der Waals surface area contributed by atoms with Crippen LogP contribution in [0.15, 0.2) is 36.4 Å². The van der Waals surface area contributed by atoms with Gasteiger partial charge < -0.3 is 34.8 Å². The number of hydrogen-bond donors (Lipinski definition) is 5. The highest BCUT2D eigenvalue weighted by molar-refractivity contribution is 6.42. The van der Waals surface area contributed by atoms with Gasteiger partial charge in [0, 0.05) is 36.7 Å². The van der Waals surface area contributed by atoms with E-state index in [1.807, 2.05) is 18.2 Å². The first kappa shape index (κ1) is 33.9. The maximum atomic E-state index is 6.39. The third kappa shape index (κ3) is 8.80. The normalized spacial score (nSPS) is 15.5. The second-order valence-electron chi connectivity index (χ2n) is 8.26. The predicted molar refractivity (Wildman–Crippen MR) is 158 cm³/mol. The zero-order valence-electron chi connectivity index (χ0n) is 19.8. The first-order valence-corrected chi connectivity index (χ1v) is 11.5. The molecule has 0 amide bonds. The van der Waals surface area contributed by atoms with E-state index in [-0.39, 0.29) is 42.7 Å². The molecule has 0 unspecified atom stereocenters. The number of nitrogens with one attached hydrogen (secondary N) is 1. The van der Waals surface area contributed by atoms with Crippen LogP contribution in [0.4, 0.5) is 11.4 Å². The number of nitrogens with zero attached hydrogens (tertiary/aromatic N) is 1. The van der Waals surface area contributed by atoms with Crippen molar-refractivity contribution in [1.82, 2.24) is 24.6 Å². The Morgan fingerprint density at radius 2 is 1.48 bits per heavy atom. The molecule has 1 saturated heterocycles. The van der Waals surface area contributed by atoms with Gasteiger partial charge in [-0.3, -0.25) is 0 Å². The summed E-state index contributed by atoms with van der Waals surface area (Å²) in [5.74, 6) is 0.703. The second-order valence-corrected chi connectivity index (χ2v) is 9.05. The molecule has 2 aromatic rings. The first-order valence-electron chi connectivity index (χ1n) is 10.8. The molecule has 1 saturated carbocycles. The molecule has 1 heterocycles. The molecule has 4 rings (SSSR count). The van der Waals surface area contributed by atoms with E-state index in [1.54, 1.807) is 0 Å². The zero-order chi connectivity index (χ0) is 19.3. The van der Waals surface area contributed by atoms with Crippen LogP contribution < -0.4 is 34.8 Å². The summed E-state index contributed by atoms with van der Waals surface area (Å²) in [6, 6.07) is 13.0. The van der Waals surface area contributed by atoms with Crippen LogP contribution in [0.3, 0.4) is 0 Å². The third-order valence-electron chi connectivity index (χ3n) is 6.25. The maximum Gasteiger partial charge on any atom is 0.0642 e. The van der Waals surface area contributed by atoms with Crippen LogP contribution in [0, 0.1) is 0 Å². The molecule has 9 heteroatoms. The third-order valence-corrected chi connectivity index (χ3v) is 7.11. The van der Waals surface area contributed by atoms with E-state index in [9.17, 15) is 0 Å². The fourth-order valence-corrected chi connectivity index (χ4v) is 5.01. The Balaban J connectivity index is -0.000000267. The minimum Gasteiger partial charge on any atom is -0.381 e. The van der Waals surface area contributed by atoms with Crippen LogP contribution in [-0.4, -0.2) is 13.1 Å². The first-order chi connectivity index (χ1) is 13.7. The largest absolute Gasteiger partial charge is 0.381 e. The molecule has 6 nitrogen and oxygen atoms in total. The summed E-state index contributed by atoms with van der Waals surface area (Å²) in [6.45, 7) is 3.04. The fourth-order valence-electron chi connectivity index (χ4n) is 4.63. The fraction of sp³-hybridized carbons (Fsp3) is 0.500. The second kappa shape index (κ2) is 16.4. The molecule has 2 fully saturated rings. The number of halogens is 3. The van der Waals surface area contributed by atoms with Crippen LogP contribution in [-0.2, 0) is 6.54 Å². The molecule has 0 spiro atoms. The van der Waals surface area contributed by atoms with Crippen molar-refractivity contribution in [1.29, 1.82) is 0 Å². The average Bonchev–Trinajstić information content (AvgIpc) is 2.76. The van der Waals surface area contributed by atoms with Gasteiger partial charge in [-0.2, -0.15) is 0 Å². The Hall–Kier alpha value is -1.25. The molecule has 1 aliphatic heterocycles. The highest BCUT2D eigenvalue weighted by atomic mass is 35.5. The van der Waals surface area contributed by atoms with E-state index in [1.165, 1.54) is 81.4 Å². The van der Waals surface area contributed by atoms with Crippen molar-refractivity contribution in [3.63, 3.8) is 0 Å². The van der Waals surface area contributed by atoms with Crippen molar-refractivity contribution < 1.29 is 5.71 Å². The van der Waals surface area contributed by atoms with Gasteiger partial charge in [0.2, 0.25) is 0 Å². The van der Waals surface area contributed by atoms with Gasteiger partial charge >= 0.3 is 0 Å². The summed E-state index contributed by atoms with van der Waals surface area (Å²) in [5.41, 5.74) is 5.11. The van der Waals surface area contributed by atoms with Gasteiger partial charge in [0.1, 0.15) is 0 Å². The highest BCUT2D eigenvalue weighted by Crippen LogP contribution is 2.37. The van der Waals surface area contributed by atoms with Gasteiger partial charge in [0.05, 0.1) is 10.0 Å². The summed E-state index contributed by atoms with van der Waals surface area (Å²) >= 11 is 12.6. The molecule has 198 valence electrons. The van der Waals surface area contributed by atoms with Gasteiger partial charge in [-0.1, -0.05) is 54.6 Å². The summed E-state index contributed by atoms with van der Waals surface area (Å²) in [4.78, 5) is 2.56. The van der Waals surface area contributed by atoms with Crippen LogP contribution in [0.25, 0.3) is 0 Å². The molecule has 2 aromatic carbocycles. The summed E-state index contributed by atoms with van der Waals surface area (Å²) in [7, 11) is 0. The highest BCUT2D eigenvalue weighted by Gasteiger charge is 2.19. The molecule has 0 bridgehead atoms. The lowest BCUT2D eigenvalue weighted by atomic mass is 9.83. The standard InChI is InChI=1S/C24H30Cl2N2.ClH.4H3N.4H2/c25-23-11-7-10-19(24(23)26)17-27-21-14-20(18-8-3-1-4-9-18)15-22(16-21)28-12-5-2-6-13-28;;;;;;;;;/h7,10-11,14-16,18,27H,1-6,8-9,12-13,17H2;1H;4*1H3;4*1H. The van der Waals surface area contributed by atoms with Gasteiger partial charge in [-0.15, -0.1) is 12.4 Å². The van der Waals surface area contributed by atoms with Crippen LogP contribution >= 0.6 is 35.6 Å². The minimum absolute atomic E-state index is 0. The monoisotopic (exact) mass is 528 g/mol. The van der Waals surface area contributed by atoms with E-state index in [0.717, 1.165) is 5.56 Å². The van der Waals surface area contributed by atoms with Crippen molar-refractivity contribution in [2.45, 2.75) is 63.8 Å². The number of rotatable bonds is 5. The van der Waals surface area contributed by atoms with E-state index in [2.05, 4.69) is 28.4 Å². The van der Waals surface area contributed by atoms with Crippen molar-refractivity contribution in [3.8, 4) is 0 Å². The Morgan fingerprint density at radius 1 is 0.848 bits per heavy atom. The lowest BCUT2D eigenvalue weighted by Crippen LogP contribution is -2.29. The van der Waals surface area contributed by atoms with Crippen LogP contribution in [0.2, 0.25) is 10.0 Å². The van der Waals surface area contributed by atoms with Crippen molar-refractivity contribution >= 4 is 47.0 Å². The lowest BCUT2D eigenvalue weighted by Gasteiger charge is -2.31. The van der Waals surface area contributed by atoms with E-state index in [0.29, 0.717) is 22.5 Å². The van der Waals surface area contributed by atoms with Gasteiger partial charge in [0.25, 0.3) is 0 Å². The lowest BCUT2D eigenvalue weighted by molar-refractivity contribution is 0.443. The average molecular weight is 530 g/mol. The topological polar surface area (TPSA) is 155 Å². The number of benzene rings is 2. The van der Waals surface area contributed by atoms with Crippen molar-refractivity contribution in [2.24, 2.45) is 0 Å². The maximum absolute atomic E-state index is 6.39. The Labute approximate surface area is 221 Å². The molecule has 0 aromatic heterocycles. The van der Waals surface area contributed by atoms with Crippen molar-refractivity contribution in [3.05, 3.63) is 57.6 Å². The molecule has 33 heavy (non-hydrogen) atoms. The Bertz CT molecular complexity index is 791. The quantitative estimate of drug-likeness (QED) is 0.259. The molecular formula is C24H51Cl3N6. The summed E-state index contributed by atoms with van der Waals surface area (Å²) in [5, 5.41) is 4.88. The summed E-state index contributed by atoms with van der Waals surface area (Å²) in [6.07, 6.45) is 10.7. The number of piperidine rings is 1. The molecule has 1 aliphatic carbocycles. The van der Waals surface area contributed by atoms with Gasteiger partial charge in [-0.05, 0) is 73.4 Å². The predicted octanol–water partition coefficient (Wildman–Crippen LogP) is 9.70. The molecule has 2 aliphatic rings. The Kier molecular flexibility index (Phi) is 16.8. The van der Waals surface area contributed by atoms with Gasteiger partial charge in [0.15, 0.2) is 0 Å². The SMILES string of the molecule is Cl.Clc1cccc(CNc2cc(C3CCCCC3)cc(N3CCCCC3)c2)c1Cl.N.N.N.N.[HH].[HH].[HH].[HH]. The van der Waals surface area contributed by atoms with E-state index < -0.39 is 0 Å². The summed E-state index contributed by atoms with van der Waals surface area (Å²) < 4.78 is 0. The number of anilines is 2. The van der Waals surface area contributed by atoms with Crippen LogP contribution in [0.5, 0.6) is 0 Å². The number of hydrogen-bond acceptors (Lipinski definition) is 6. The van der Waals surface area contributed by atoms with Crippen molar-refractivity contribution in [2.75, 3.05) is 23.3 Å². The minimum atomic E-state index is 0. The van der Waals surface area contributed by atoms with Gasteiger partial charge in [-0.25, -0.2) is 0 Å². The Morgan fingerprint density at radius 3 is 2.15 bits per heavy atom. The molecule has 13 N–H and O–H groups in total.